The minimum Gasteiger partial charge on any atom is -0.394 e. The van der Waals surface area contributed by atoms with Crippen molar-refractivity contribution >= 4 is 5.82 Å². The molecule has 0 spiro atoms. The van der Waals surface area contributed by atoms with Gasteiger partial charge in [-0.25, -0.2) is 4.98 Å². The molecule has 0 radical (unpaired) electrons. The maximum atomic E-state index is 9.30. The third-order valence-corrected chi connectivity index (χ3v) is 3.08. The van der Waals surface area contributed by atoms with Crippen LogP contribution in [-0.2, 0) is 11.3 Å². The Hall–Kier alpha value is -1.17. The summed E-state index contributed by atoms with van der Waals surface area (Å²) in [7, 11) is 0. The summed E-state index contributed by atoms with van der Waals surface area (Å²) in [6.07, 6.45) is 0. The number of hydrogen-bond donors (Lipinski definition) is 2. The SMILES string of the molecule is Cc1nc(N2CCOCC2CO)ccc1CO. The molecule has 2 heterocycles. The monoisotopic (exact) mass is 238 g/mol. The van der Waals surface area contributed by atoms with Crippen molar-refractivity contribution in [1.29, 1.82) is 0 Å². The topological polar surface area (TPSA) is 65.8 Å². The molecule has 2 N–H and O–H groups in total. The van der Waals surface area contributed by atoms with Gasteiger partial charge in [0.25, 0.3) is 0 Å². The lowest BCUT2D eigenvalue weighted by Crippen LogP contribution is -2.48. The van der Waals surface area contributed by atoms with Gasteiger partial charge in [-0.1, -0.05) is 6.07 Å². The molecule has 1 aliphatic heterocycles. The van der Waals surface area contributed by atoms with E-state index in [9.17, 15) is 5.11 Å². The highest BCUT2D eigenvalue weighted by atomic mass is 16.5. The van der Waals surface area contributed by atoms with Crippen LogP contribution in [0.2, 0.25) is 0 Å². The van der Waals surface area contributed by atoms with E-state index in [0.717, 1.165) is 23.6 Å². The third kappa shape index (κ3) is 2.57. The molecule has 17 heavy (non-hydrogen) atoms. The number of nitrogens with zero attached hydrogens (tertiary/aromatic N) is 2. The highest BCUT2D eigenvalue weighted by molar-refractivity contribution is 5.43. The van der Waals surface area contributed by atoms with Crippen LogP contribution in [0.15, 0.2) is 12.1 Å². The molecule has 1 unspecified atom stereocenters. The molecule has 0 aliphatic carbocycles. The van der Waals surface area contributed by atoms with Crippen molar-refractivity contribution in [3.63, 3.8) is 0 Å². The van der Waals surface area contributed by atoms with E-state index in [-0.39, 0.29) is 19.3 Å². The molecule has 1 aliphatic rings. The van der Waals surface area contributed by atoms with E-state index in [1.54, 1.807) is 0 Å². The maximum absolute atomic E-state index is 9.30. The van der Waals surface area contributed by atoms with Crippen LogP contribution in [0.4, 0.5) is 5.82 Å². The van der Waals surface area contributed by atoms with Gasteiger partial charge in [0.2, 0.25) is 0 Å². The fraction of sp³-hybridized carbons (Fsp3) is 0.583. The van der Waals surface area contributed by atoms with Crippen molar-refractivity contribution in [2.24, 2.45) is 0 Å². The summed E-state index contributed by atoms with van der Waals surface area (Å²) >= 11 is 0. The molecule has 0 saturated carbocycles. The molecule has 5 heteroatoms. The van der Waals surface area contributed by atoms with Crippen molar-refractivity contribution in [2.45, 2.75) is 19.6 Å². The van der Waals surface area contributed by atoms with Crippen molar-refractivity contribution in [3.8, 4) is 0 Å². The van der Waals surface area contributed by atoms with Crippen molar-refractivity contribution < 1.29 is 14.9 Å². The van der Waals surface area contributed by atoms with Crippen molar-refractivity contribution in [2.75, 3.05) is 31.3 Å². The van der Waals surface area contributed by atoms with E-state index in [1.807, 2.05) is 19.1 Å². The van der Waals surface area contributed by atoms with Crippen LogP contribution in [-0.4, -0.2) is 47.6 Å². The summed E-state index contributed by atoms with van der Waals surface area (Å²) < 4.78 is 5.33. The summed E-state index contributed by atoms with van der Waals surface area (Å²) in [6.45, 7) is 3.85. The van der Waals surface area contributed by atoms with Gasteiger partial charge in [-0.05, 0) is 18.6 Å². The van der Waals surface area contributed by atoms with Gasteiger partial charge >= 0.3 is 0 Å². The molecular formula is C12H18N2O3. The van der Waals surface area contributed by atoms with E-state index in [0.29, 0.717) is 13.2 Å². The lowest BCUT2D eigenvalue weighted by Gasteiger charge is -2.35. The summed E-state index contributed by atoms with van der Waals surface area (Å²) in [5, 5.41) is 18.4. The number of ether oxygens (including phenoxy) is 1. The number of anilines is 1. The Bertz CT molecular complexity index is 384. The molecule has 0 bridgehead atoms. The molecule has 2 rings (SSSR count). The van der Waals surface area contributed by atoms with Gasteiger partial charge in [0.05, 0.1) is 32.5 Å². The number of hydrogen-bond acceptors (Lipinski definition) is 5. The minimum absolute atomic E-state index is 0.00561. The fourth-order valence-electron chi connectivity index (χ4n) is 2.01. The first-order valence-corrected chi connectivity index (χ1v) is 5.79. The standard InChI is InChI=1S/C12H18N2O3/c1-9-10(6-15)2-3-12(13-9)14-4-5-17-8-11(14)7-16/h2-3,11,15-16H,4-8H2,1H3. The van der Waals surface area contributed by atoms with Gasteiger partial charge in [-0.2, -0.15) is 0 Å². The minimum atomic E-state index is -0.0318. The van der Waals surface area contributed by atoms with E-state index >= 15 is 0 Å². The number of aliphatic hydroxyl groups excluding tert-OH is 2. The van der Waals surface area contributed by atoms with Crippen LogP contribution in [0.25, 0.3) is 0 Å². The molecule has 0 amide bonds. The molecule has 1 saturated heterocycles. The summed E-state index contributed by atoms with van der Waals surface area (Å²) in [6, 6.07) is 3.73. The van der Waals surface area contributed by atoms with Crippen LogP contribution in [0, 0.1) is 6.92 Å². The Morgan fingerprint density at radius 2 is 2.29 bits per heavy atom. The van der Waals surface area contributed by atoms with Gasteiger partial charge in [0.15, 0.2) is 0 Å². The van der Waals surface area contributed by atoms with Gasteiger partial charge in [0.1, 0.15) is 5.82 Å². The number of rotatable bonds is 3. The second-order valence-corrected chi connectivity index (χ2v) is 4.18. The highest BCUT2D eigenvalue weighted by Crippen LogP contribution is 2.19. The molecule has 5 nitrogen and oxygen atoms in total. The van der Waals surface area contributed by atoms with E-state index < -0.39 is 0 Å². The van der Waals surface area contributed by atoms with Crippen LogP contribution in [0.1, 0.15) is 11.3 Å². The second kappa shape index (κ2) is 5.44. The zero-order chi connectivity index (χ0) is 12.3. The smallest absolute Gasteiger partial charge is 0.129 e. The molecule has 1 fully saturated rings. The molecular weight excluding hydrogens is 220 g/mol. The fourth-order valence-corrected chi connectivity index (χ4v) is 2.01. The maximum Gasteiger partial charge on any atom is 0.129 e. The van der Waals surface area contributed by atoms with Crippen molar-refractivity contribution in [1.82, 2.24) is 4.98 Å². The molecule has 1 aromatic rings. The van der Waals surface area contributed by atoms with Gasteiger partial charge in [-0.15, -0.1) is 0 Å². The highest BCUT2D eigenvalue weighted by Gasteiger charge is 2.23. The summed E-state index contributed by atoms with van der Waals surface area (Å²) in [5.41, 5.74) is 1.66. The third-order valence-electron chi connectivity index (χ3n) is 3.08. The van der Waals surface area contributed by atoms with E-state index in [2.05, 4.69) is 9.88 Å². The normalized spacial score (nSPS) is 20.6. The zero-order valence-corrected chi connectivity index (χ0v) is 9.96. The second-order valence-electron chi connectivity index (χ2n) is 4.18. The Labute approximate surface area is 101 Å². The van der Waals surface area contributed by atoms with Crippen LogP contribution in [0.3, 0.4) is 0 Å². The predicted molar refractivity (Wildman–Crippen MR) is 63.9 cm³/mol. The quantitative estimate of drug-likeness (QED) is 0.780. The Morgan fingerprint density at radius 1 is 1.47 bits per heavy atom. The van der Waals surface area contributed by atoms with Gasteiger partial charge < -0.3 is 19.8 Å². The number of aryl methyl sites for hydroxylation is 1. The number of aliphatic hydroxyl groups is 2. The number of morpholine rings is 1. The van der Waals surface area contributed by atoms with Gasteiger partial charge in [-0.3, -0.25) is 0 Å². The molecule has 94 valence electrons. The first kappa shape index (κ1) is 12.3. The first-order valence-electron chi connectivity index (χ1n) is 5.79. The largest absolute Gasteiger partial charge is 0.394 e. The molecule has 0 aromatic carbocycles. The van der Waals surface area contributed by atoms with E-state index in [4.69, 9.17) is 9.84 Å². The molecule has 1 atom stereocenters. The summed E-state index contributed by atoms with van der Waals surface area (Å²) in [5.74, 6) is 0.835. The zero-order valence-electron chi connectivity index (χ0n) is 9.96. The number of aromatic nitrogens is 1. The lowest BCUT2D eigenvalue weighted by atomic mass is 10.2. The predicted octanol–water partition coefficient (Wildman–Crippen LogP) is 0.0798. The Kier molecular flexibility index (Phi) is 3.93. The van der Waals surface area contributed by atoms with E-state index in [1.165, 1.54) is 0 Å². The summed E-state index contributed by atoms with van der Waals surface area (Å²) in [4.78, 5) is 6.52. The Balaban J connectivity index is 2.23. The lowest BCUT2D eigenvalue weighted by molar-refractivity contribution is 0.0722. The van der Waals surface area contributed by atoms with Crippen molar-refractivity contribution in [3.05, 3.63) is 23.4 Å². The first-order chi connectivity index (χ1) is 8.26. The van der Waals surface area contributed by atoms with Gasteiger partial charge in [0, 0.05) is 12.2 Å². The average molecular weight is 238 g/mol. The van der Waals surface area contributed by atoms with Crippen LogP contribution < -0.4 is 4.90 Å². The molecule has 1 aromatic heterocycles. The average Bonchev–Trinajstić information content (AvgIpc) is 2.38. The van der Waals surface area contributed by atoms with Crippen LogP contribution >= 0.6 is 0 Å². The number of pyridine rings is 1. The Morgan fingerprint density at radius 3 is 2.94 bits per heavy atom. The van der Waals surface area contributed by atoms with Crippen LogP contribution in [0.5, 0.6) is 0 Å².